The second-order valence-corrected chi connectivity index (χ2v) is 5.46. The zero-order valence-corrected chi connectivity index (χ0v) is 11.7. The predicted octanol–water partition coefficient (Wildman–Crippen LogP) is 2.62. The average molecular weight is 263 g/mol. The van der Waals surface area contributed by atoms with Crippen molar-refractivity contribution in [2.24, 2.45) is 5.92 Å². The zero-order valence-electron chi connectivity index (χ0n) is 10.9. The number of nitrogens with zero attached hydrogens (tertiary/aromatic N) is 1. The maximum atomic E-state index is 5.35. The quantitative estimate of drug-likeness (QED) is 0.822. The minimum Gasteiger partial charge on any atom is -0.360 e. The molecule has 0 aromatic carbocycles. The van der Waals surface area contributed by atoms with E-state index in [1.54, 1.807) is 12.4 Å². The van der Waals surface area contributed by atoms with E-state index in [4.69, 9.17) is 12.2 Å². The second-order valence-electron chi connectivity index (χ2n) is 5.05. The fourth-order valence-electron chi connectivity index (χ4n) is 2.43. The van der Waals surface area contributed by atoms with Crippen LogP contribution in [0.3, 0.4) is 0 Å². The first-order valence-corrected chi connectivity index (χ1v) is 7.10. The Morgan fingerprint density at radius 3 is 2.78 bits per heavy atom. The van der Waals surface area contributed by atoms with Gasteiger partial charge in [-0.15, -0.1) is 0 Å². The van der Waals surface area contributed by atoms with Crippen LogP contribution in [0.5, 0.6) is 0 Å². The van der Waals surface area contributed by atoms with Crippen LogP contribution in [0.4, 0.5) is 0 Å². The van der Waals surface area contributed by atoms with Gasteiger partial charge in [-0.05, 0) is 48.7 Å². The molecular formula is C14H21N3S. The number of hydrogen-bond acceptors (Lipinski definition) is 2. The molecule has 2 atom stereocenters. The van der Waals surface area contributed by atoms with Crippen LogP contribution in [0.1, 0.15) is 38.2 Å². The number of pyridine rings is 1. The lowest BCUT2D eigenvalue weighted by Gasteiger charge is -2.30. The molecule has 1 aliphatic rings. The van der Waals surface area contributed by atoms with Gasteiger partial charge >= 0.3 is 0 Å². The Morgan fingerprint density at radius 1 is 1.33 bits per heavy atom. The summed E-state index contributed by atoms with van der Waals surface area (Å²) in [5.41, 5.74) is 1.20. The first-order chi connectivity index (χ1) is 8.75. The SMILES string of the molecule is C[C@@H]1CCCC[C@H]1NC(=S)NCc1ccncc1. The summed E-state index contributed by atoms with van der Waals surface area (Å²) in [6.45, 7) is 3.07. The van der Waals surface area contributed by atoms with Crippen LogP contribution >= 0.6 is 12.2 Å². The molecule has 4 heteroatoms. The van der Waals surface area contributed by atoms with E-state index in [9.17, 15) is 0 Å². The van der Waals surface area contributed by atoms with Crippen molar-refractivity contribution in [3.8, 4) is 0 Å². The Labute approximate surface area is 114 Å². The molecule has 1 heterocycles. The van der Waals surface area contributed by atoms with Gasteiger partial charge in [0.25, 0.3) is 0 Å². The van der Waals surface area contributed by atoms with E-state index in [1.807, 2.05) is 12.1 Å². The predicted molar refractivity (Wildman–Crippen MR) is 78.2 cm³/mol. The fourth-order valence-corrected chi connectivity index (χ4v) is 2.66. The molecule has 1 aromatic rings. The monoisotopic (exact) mass is 263 g/mol. The lowest BCUT2D eigenvalue weighted by Crippen LogP contribution is -2.45. The van der Waals surface area contributed by atoms with Crippen molar-refractivity contribution < 1.29 is 0 Å². The molecule has 2 rings (SSSR count). The Kier molecular flexibility index (Phi) is 4.93. The minimum absolute atomic E-state index is 0.538. The van der Waals surface area contributed by atoms with E-state index in [-0.39, 0.29) is 0 Å². The van der Waals surface area contributed by atoms with Crippen molar-refractivity contribution in [2.75, 3.05) is 0 Å². The minimum atomic E-state index is 0.538. The van der Waals surface area contributed by atoms with Gasteiger partial charge in [0.2, 0.25) is 0 Å². The van der Waals surface area contributed by atoms with Crippen molar-refractivity contribution in [2.45, 2.75) is 45.2 Å². The van der Waals surface area contributed by atoms with Crippen LogP contribution in [0.25, 0.3) is 0 Å². The third-order valence-corrected chi connectivity index (χ3v) is 3.89. The number of nitrogens with one attached hydrogen (secondary N) is 2. The number of rotatable bonds is 3. The van der Waals surface area contributed by atoms with E-state index in [1.165, 1.54) is 31.2 Å². The Hall–Kier alpha value is -1.16. The van der Waals surface area contributed by atoms with Crippen molar-refractivity contribution in [3.05, 3.63) is 30.1 Å². The molecule has 0 radical (unpaired) electrons. The van der Waals surface area contributed by atoms with Gasteiger partial charge in [0.05, 0.1) is 0 Å². The summed E-state index contributed by atoms with van der Waals surface area (Å²) >= 11 is 5.35. The van der Waals surface area contributed by atoms with Crippen molar-refractivity contribution in [3.63, 3.8) is 0 Å². The van der Waals surface area contributed by atoms with E-state index in [0.717, 1.165) is 17.6 Å². The molecule has 1 aliphatic carbocycles. The van der Waals surface area contributed by atoms with Gasteiger partial charge in [-0.1, -0.05) is 19.8 Å². The smallest absolute Gasteiger partial charge is 0.166 e. The van der Waals surface area contributed by atoms with Gasteiger partial charge in [0.15, 0.2) is 5.11 Å². The highest BCUT2D eigenvalue weighted by molar-refractivity contribution is 7.80. The maximum absolute atomic E-state index is 5.35. The Balaban J connectivity index is 1.75. The van der Waals surface area contributed by atoms with Gasteiger partial charge in [0, 0.05) is 25.0 Å². The van der Waals surface area contributed by atoms with Crippen molar-refractivity contribution >= 4 is 17.3 Å². The average Bonchev–Trinajstić information content (AvgIpc) is 2.40. The Morgan fingerprint density at radius 2 is 2.06 bits per heavy atom. The standard InChI is InChI=1S/C14H21N3S/c1-11-4-2-3-5-13(11)17-14(18)16-10-12-6-8-15-9-7-12/h6-9,11,13H,2-5,10H2,1H3,(H2,16,17,18)/t11-,13-/m1/s1. The highest BCUT2D eigenvalue weighted by Crippen LogP contribution is 2.23. The van der Waals surface area contributed by atoms with Gasteiger partial charge in [-0.2, -0.15) is 0 Å². The van der Waals surface area contributed by atoms with Crippen molar-refractivity contribution in [1.29, 1.82) is 0 Å². The topological polar surface area (TPSA) is 37.0 Å². The van der Waals surface area contributed by atoms with Crippen LogP contribution in [0.2, 0.25) is 0 Å². The van der Waals surface area contributed by atoms with Crippen LogP contribution in [-0.2, 0) is 6.54 Å². The maximum Gasteiger partial charge on any atom is 0.166 e. The summed E-state index contributed by atoms with van der Waals surface area (Å²) in [6.07, 6.45) is 8.82. The third-order valence-electron chi connectivity index (χ3n) is 3.63. The van der Waals surface area contributed by atoms with Gasteiger partial charge < -0.3 is 10.6 Å². The van der Waals surface area contributed by atoms with Crippen LogP contribution in [-0.4, -0.2) is 16.1 Å². The molecule has 0 aliphatic heterocycles. The summed E-state index contributed by atoms with van der Waals surface area (Å²) in [5.74, 6) is 0.722. The molecule has 3 nitrogen and oxygen atoms in total. The molecule has 98 valence electrons. The molecule has 2 N–H and O–H groups in total. The summed E-state index contributed by atoms with van der Waals surface area (Å²) in [6, 6.07) is 4.54. The van der Waals surface area contributed by atoms with E-state index in [0.29, 0.717) is 6.04 Å². The van der Waals surface area contributed by atoms with E-state index < -0.39 is 0 Å². The zero-order chi connectivity index (χ0) is 12.8. The van der Waals surface area contributed by atoms with Crippen LogP contribution in [0, 0.1) is 5.92 Å². The highest BCUT2D eigenvalue weighted by atomic mass is 32.1. The van der Waals surface area contributed by atoms with E-state index >= 15 is 0 Å². The molecule has 1 aromatic heterocycles. The summed E-state index contributed by atoms with van der Waals surface area (Å²) in [4.78, 5) is 4.00. The molecule has 0 saturated heterocycles. The largest absolute Gasteiger partial charge is 0.360 e. The number of thiocarbonyl (C=S) groups is 1. The summed E-state index contributed by atoms with van der Waals surface area (Å²) in [7, 11) is 0. The highest BCUT2D eigenvalue weighted by Gasteiger charge is 2.21. The lowest BCUT2D eigenvalue weighted by molar-refractivity contribution is 0.308. The first-order valence-electron chi connectivity index (χ1n) is 6.69. The molecule has 0 spiro atoms. The molecule has 18 heavy (non-hydrogen) atoms. The number of aromatic nitrogens is 1. The first kappa shape index (κ1) is 13.3. The van der Waals surface area contributed by atoms with Crippen molar-refractivity contribution in [1.82, 2.24) is 15.6 Å². The second kappa shape index (κ2) is 6.69. The van der Waals surface area contributed by atoms with Gasteiger partial charge in [-0.25, -0.2) is 0 Å². The van der Waals surface area contributed by atoms with E-state index in [2.05, 4.69) is 22.5 Å². The van der Waals surface area contributed by atoms with Crippen LogP contribution < -0.4 is 10.6 Å². The molecule has 0 unspecified atom stereocenters. The molecule has 0 amide bonds. The lowest BCUT2D eigenvalue weighted by atomic mass is 9.86. The summed E-state index contributed by atoms with van der Waals surface area (Å²) in [5, 5.41) is 7.47. The third kappa shape index (κ3) is 3.95. The van der Waals surface area contributed by atoms with Gasteiger partial charge in [0.1, 0.15) is 0 Å². The molecular weight excluding hydrogens is 242 g/mol. The van der Waals surface area contributed by atoms with Crippen LogP contribution in [0.15, 0.2) is 24.5 Å². The fraction of sp³-hybridized carbons (Fsp3) is 0.571. The Bertz CT molecular complexity index is 380. The molecule has 1 saturated carbocycles. The number of hydrogen-bond donors (Lipinski definition) is 2. The normalized spacial score (nSPS) is 23.4. The van der Waals surface area contributed by atoms with Gasteiger partial charge in [-0.3, -0.25) is 4.98 Å². The summed E-state index contributed by atoms with van der Waals surface area (Å²) < 4.78 is 0. The molecule has 1 fully saturated rings. The molecule has 0 bridgehead atoms.